The van der Waals surface area contributed by atoms with Gasteiger partial charge in [0.2, 0.25) is 0 Å². The molecule has 92 valence electrons. The van der Waals surface area contributed by atoms with Gasteiger partial charge in [-0.25, -0.2) is 4.72 Å². The Bertz CT molecular complexity index is 270. The number of hydrogen-bond donors (Lipinski definition) is 2. The highest BCUT2D eigenvalue weighted by molar-refractivity contribution is 7.87. The lowest BCUT2D eigenvalue weighted by Crippen LogP contribution is -2.48. The van der Waals surface area contributed by atoms with Crippen LogP contribution in [0.25, 0.3) is 0 Å². The number of nitrogens with zero attached hydrogens (tertiary/aromatic N) is 1. The quantitative estimate of drug-likeness (QED) is 0.668. The Kier molecular flexibility index (Phi) is 5.72. The zero-order valence-corrected chi connectivity index (χ0v) is 10.9. The molecule has 0 rings (SSSR count). The van der Waals surface area contributed by atoms with Crippen LogP contribution in [0.5, 0.6) is 0 Å². The average molecular weight is 237 g/mol. The van der Waals surface area contributed by atoms with E-state index in [1.165, 1.54) is 4.31 Å². The van der Waals surface area contributed by atoms with Crippen molar-refractivity contribution < 1.29 is 8.42 Å². The Hall–Kier alpha value is -0.170. The van der Waals surface area contributed by atoms with E-state index >= 15 is 0 Å². The van der Waals surface area contributed by atoms with Crippen LogP contribution < -0.4 is 10.5 Å². The molecule has 0 saturated heterocycles. The monoisotopic (exact) mass is 237 g/mol. The van der Waals surface area contributed by atoms with Gasteiger partial charge in [-0.05, 0) is 20.3 Å². The number of nitrogens with two attached hydrogens (primary N) is 1. The Morgan fingerprint density at radius 1 is 1.40 bits per heavy atom. The minimum atomic E-state index is -3.36. The van der Waals surface area contributed by atoms with Crippen LogP contribution in [0.1, 0.15) is 33.6 Å². The van der Waals surface area contributed by atoms with Crippen molar-refractivity contribution in [2.45, 2.75) is 39.2 Å². The van der Waals surface area contributed by atoms with Crippen molar-refractivity contribution in [3.63, 3.8) is 0 Å². The minimum Gasteiger partial charge on any atom is -0.324 e. The highest BCUT2D eigenvalue weighted by Gasteiger charge is 2.20. The van der Waals surface area contributed by atoms with Gasteiger partial charge in [-0.3, -0.25) is 0 Å². The van der Waals surface area contributed by atoms with Crippen molar-refractivity contribution >= 4 is 10.2 Å². The summed E-state index contributed by atoms with van der Waals surface area (Å²) in [5.41, 5.74) is 5.17. The molecule has 0 aromatic rings. The van der Waals surface area contributed by atoms with Crippen molar-refractivity contribution in [2.75, 3.05) is 20.1 Å². The lowest BCUT2D eigenvalue weighted by molar-refractivity contribution is 0.433. The zero-order chi connectivity index (χ0) is 12.1. The first-order valence-corrected chi connectivity index (χ1v) is 6.63. The third-order valence-electron chi connectivity index (χ3n) is 1.95. The summed E-state index contributed by atoms with van der Waals surface area (Å²) in [5, 5.41) is 0. The molecule has 15 heavy (non-hydrogen) atoms. The van der Waals surface area contributed by atoms with Gasteiger partial charge in [-0.2, -0.15) is 12.7 Å². The summed E-state index contributed by atoms with van der Waals surface area (Å²) in [4.78, 5) is 0. The molecule has 0 spiro atoms. The molecule has 5 nitrogen and oxygen atoms in total. The summed E-state index contributed by atoms with van der Waals surface area (Å²) >= 11 is 0. The first-order chi connectivity index (χ1) is 6.69. The van der Waals surface area contributed by atoms with Crippen LogP contribution in [0.15, 0.2) is 0 Å². The Labute approximate surface area is 93.2 Å². The summed E-state index contributed by atoms with van der Waals surface area (Å²) in [5.74, 6) is 0. The Morgan fingerprint density at radius 3 is 2.33 bits per heavy atom. The summed E-state index contributed by atoms with van der Waals surface area (Å²) in [6, 6.07) is 0. The molecular formula is C9H23N3O2S. The normalized spacial score (nSPS) is 13.5. The van der Waals surface area contributed by atoms with E-state index in [0.29, 0.717) is 6.54 Å². The Balaban J connectivity index is 4.18. The number of unbranched alkanes of at least 4 members (excludes halogenated alkanes) is 1. The second-order valence-corrected chi connectivity index (χ2v) is 6.35. The number of hydrogen-bond acceptors (Lipinski definition) is 3. The van der Waals surface area contributed by atoms with Crippen molar-refractivity contribution in [3.05, 3.63) is 0 Å². The van der Waals surface area contributed by atoms with Gasteiger partial charge in [-0.15, -0.1) is 0 Å². The van der Waals surface area contributed by atoms with Gasteiger partial charge in [-0.1, -0.05) is 13.3 Å². The molecule has 0 atom stereocenters. The van der Waals surface area contributed by atoms with E-state index in [4.69, 9.17) is 5.73 Å². The van der Waals surface area contributed by atoms with Crippen LogP contribution in [-0.2, 0) is 10.2 Å². The molecule has 0 unspecified atom stereocenters. The van der Waals surface area contributed by atoms with Crippen LogP contribution in [-0.4, -0.2) is 38.4 Å². The van der Waals surface area contributed by atoms with Gasteiger partial charge in [0.15, 0.2) is 0 Å². The van der Waals surface area contributed by atoms with Gasteiger partial charge in [0, 0.05) is 25.7 Å². The molecule has 0 aromatic heterocycles. The maximum atomic E-state index is 11.6. The lowest BCUT2D eigenvalue weighted by Gasteiger charge is -2.22. The second-order valence-electron chi connectivity index (χ2n) is 4.49. The van der Waals surface area contributed by atoms with E-state index in [2.05, 4.69) is 4.72 Å². The molecule has 0 aliphatic rings. The fraction of sp³-hybridized carbons (Fsp3) is 1.00. The highest BCUT2D eigenvalue weighted by Crippen LogP contribution is 2.00. The fourth-order valence-corrected chi connectivity index (χ4v) is 2.03. The van der Waals surface area contributed by atoms with Crippen LogP contribution in [0.4, 0.5) is 0 Å². The standard InChI is InChI=1S/C9H23N3O2S/c1-5-6-7-12(4)15(13,14)11-8-9(2,3)10/h11H,5-8,10H2,1-4H3. The molecular weight excluding hydrogens is 214 g/mol. The van der Waals surface area contributed by atoms with E-state index < -0.39 is 15.7 Å². The predicted octanol–water partition coefficient (Wildman–Crippen LogP) is 0.290. The van der Waals surface area contributed by atoms with Gasteiger partial charge < -0.3 is 5.73 Å². The van der Waals surface area contributed by atoms with Gasteiger partial charge in [0.05, 0.1) is 0 Å². The van der Waals surface area contributed by atoms with E-state index in [1.54, 1.807) is 20.9 Å². The average Bonchev–Trinajstić information content (AvgIpc) is 2.10. The number of rotatable bonds is 7. The first kappa shape index (κ1) is 14.8. The van der Waals surface area contributed by atoms with Crippen LogP contribution in [0.3, 0.4) is 0 Å². The molecule has 0 amide bonds. The molecule has 0 aliphatic heterocycles. The maximum Gasteiger partial charge on any atom is 0.279 e. The van der Waals surface area contributed by atoms with Crippen molar-refractivity contribution in [3.8, 4) is 0 Å². The van der Waals surface area contributed by atoms with E-state index in [0.717, 1.165) is 12.8 Å². The van der Waals surface area contributed by atoms with Crippen molar-refractivity contribution in [1.82, 2.24) is 9.03 Å². The number of nitrogens with one attached hydrogen (secondary N) is 1. The van der Waals surface area contributed by atoms with Crippen LogP contribution >= 0.6 is 0 Å². The topological polar surface area (TPSA) is 75.4 Å². The van der Waals surface area contributed by atoms with E-state index in [9.17, 15) is 8.42 Å². The third kappa shape index (κ3) is 6.83. The third-order valence-corrected chi connectivity index (χ3v) is 3.46. The molecule has 3 N–H and O–H groups in total. The smallest absolute Gasteiger partial charge is 0.279 e. The lowest BCUT2D eigenvalue weighted by atomic mass is 10.1. The SMILES string of the molecule is CCCCN(C)S(=O)(=O)NCC(C)(C)N. The second kappa shape index (κ2) is 5.79. The summed E-state index contributed by atoms with van der Waals surface area (Å²) in [7, 11) is -1.79. The zero-order valence-electron chi connectivity index (χ0n) is 10.1. The highest BCUT2D eigenvalue weighted by atomic mass is 32.2. The molecule has 0 heterocycles. The molecule has 0 radical (unpaired) electrons. The summed E-state index contributed by atoms with van der Waals surface area (Å²) < 4.78 is 27.1. The maximum absolute atomic E-state index is 11.6. The van der Waals surface area contributed by atoms with Crippen LogP contribution in [0, 0.1) is 0 Å². The van der Waals surface area contributed by atoms with E-state index in [1.807, 2.05) is 6.92 Å². The largest absolute Gasteiger partial charge is 0.324 e. The molecule has 0 saturated carbocycles. The van der Waals surface area contributed by atoms with E-state index in [-0.39, 0.29) is 6.54 Å². The van der Waals surface area contributed by atoms with Gasteiger partial charge in [0.1, 0.15) is 0 Å². The fourth-order valence-electron chi connectivity index (χ4n) is 0.888. The van der Waals surface area contributed by atoms with Crippen molar-refractivity contribution in [2.24, 2.45) is 5.73 Å². The first-order valence-electron chi connectivity index (χ1n) is 5.19. The van der Waals surface area contributed by atoms with Crippen LogP contribution in [0.2, 0.25) is 0 Å². The molecule has 0 aliphatic carbocycles. The molecule has 0 fully saturated rings. The summed E-state index contributed by atoms with van der Waals surface area (Å²) in [6.45, 7) is 6.36. The van der Waals surface area contributed by atoms with Gasteiger partial charge >= 0.3 is 0 Å². The predicted molar refractivity (Wildman–Crippen MR) is 62.7 cm³/mol. The molecule has 6 heteroatoms. The molecule has 0 aromatic carbocycles. The minimum absolute atomic E-state index is 0.242. The Morgan fingerprint density at radius 2 is 1.93 bits per heavy atom. The summed E-state index contributed by atoms with van der Waals surface area (Å²) in [6.07, 6.45) is 1.84. The van der Waals surface area contributed by atoms with Crippen molar-refractivity contribution in [1.29, 1.82) is 0 Å². The molecule has 0 bridgehead atoms. The van der Waals surface area contributed by atoms with Gasteiger partial charge in [0.25, 0.3) is 10.2 Å².